The molecule has 7 heteroatoms. The van der Waals surface area contributed by atoms with Crippen LogP contribution in [0.4, 0.5) is 0 Å². The van der Waals surface area contributed by atoms with Crippen LogP contribution in [0.2, 0.25) is 5.02 Å². The van der Waals surface area contributed by atoms with Crippen LogP contribution in [-0.2, 0) is 7.05 Å². The molecule has 1 atom stereocenters. The van der Waals surface area contributed by atoms with Crippen LogP contribution in [0.1, 0.15) is 22.2 Å². The van der Waals surface area contributed by atoms with Crippen molar-refractivity contribution < 1.29 is 0 Å². The van der Waals surface area contributed by atoms with E-state index in [1.54, 1.807) is 16.0 Å². The summed E-state index contributed by atoms with van der Waals surface area (Å²) in [6.07, 6.45) is 0. The summed E-state index contributed by atoms with van der Waals surface area (Å²) in [6, 6.07) is -0.00410. The third-order valence-electron chi connectivity index (χ3n) is 2.58. The average Bonchev–Trinajstić information content (AvgIpc) is 2.79. The monoisotopic (exact) mass is 334 g/mol. The Kier molecular flexibility index (Phi) is 3.87. The zero-order valence-electron chi connectivity index (χ0n) is 9.66. The van der Waals surface area contributed by atoms with Crippen molar-refractivity contribution in [3.8, 4) is 0 Å². The van der Waals surface area contributed by atoms with Gasteiger partial charge in [-0.05, 0) is 40.8 Å². The topological polar surface area (TPSA) is 42.7 Å². The van der Waals surface area contributed by atoms with E-state index in [9.17, 15) is 0 Å². The summed E-state index contributed by atoms with van der Waals surface area (Å²) in [5, 5.41) is 14.1. The van der Waals surface area contributed by atoms with Crippen molar-refractivity contribution in [1.29, 1.82) is 0 Å². The van der Waals surface area contributed by atoms with Crippen LogP contribution >= 0.6 is 38.9 Å². The number of nitrogens with zero attached hydrogens (tertiary/aromatic N) is 3. The molecule has 0 aliphatic heterocycles. The van der Waals surface area contributed by atoms with Crippen molar-refractivity contribution in [1.82, 2.24) is 20.3 Å². The number of hydrogen-bond donors (Lipinski definition) is 1. The van der Waals surface area contributed by atoms with E-state index < -0.39 is 0 Å². The summed E-state index contributed by atoms with van der Waals surface area (Å²) in [5.74, 6) is 0. The highest BCUT2D eigenvalue weighted by Gasteiger charge is 2.24. The molecule has 0 amide bonds. The number of aromatic nitrogens is 3. The van der Waals surface area contributed by atoms with Gasteiger partial charge >= 0.3 is 0 Å². The minimum absolute atomic E-state index is 0.00410. The maximum atomic E-state index is 6.31. The molecule has 0 bridgehead atoms. The van der Waals surface area contributed by atoms with E-state index in [4.69, 9.17) is 11.6 Å². The fourth-order valence-electron chi connectivity index (χ4n) is 1.68. The second-order valence-corrected chi connectivity index (χ2v) is 5.75. The lowest BCUT2D eigenvalue weighted by Gasteiger charge is -2.15. The van der Waals surface area contributed by atoms with Gasteiger partial charge in [0.25, 0.3) is 0 Å². The van der Waals surface area contributed by atoms with E-state index in [0.29, 0.717) is 0 Å². The van der Waals surface area contributed by atoms with Gasteiger partial charge in [0, 0.05) is 11.9 Å². The molecule has 2 aromatic heterocycles. The maximum absolute atomic E-state index is 6.31. The van der Waals surface area contributed by atoms with E-state index in [1.807, 2.05) is 21.0 Å². The van der Waals surface area contributed by atoms with Crippen LogP contribution in [0.15, 0.2) is 9.98 Å². The average molecular weight is 336 g/mol. The zero-order chi connectivity index (χ0) is 12.6. The summed E-state index contributed by atoms with van der Waals surface area (Å²) in [6.45, 7) is 2.01. The van der Waals surface area contributed by atoms with Crippen LogP contribution in [0.3, 0.4) is 0 Å². The molecular formula is C10H12BrClN4S. The lowest BCUT2D eigenvalue weighted by molar-refractivity contribution is 0.603. The second kappa shape index (κ2) is 5.06. The Balaban J connectivity index is 2.51. The van der Waals surface area contributed by atoms with Crippen molar-refractivity contribution in [3.63, 3.8) is 0 Å². The Hall–Kier alpha value is -0.430. The molecule has 0 saturated carbocycles. The maximum Gasteiger partial charge on any atom is 0.153 e. The van der Waals surface area contributed by atoms with Gasteiger partial charge in [-0.15, -0.1) is 16.4 Å². The van der Waals surface area contributed by atoms with Gasteiger partial charge in [-0.3, -0.25) is 0 Å². The highest BCUT2D eigenvalue weighted by molar-refractivity contribution is 9.10. The lowest BCUT2D eigenvalue weighted by atomic mass is 10.1. The van der Waals surface area contributed by atoms with Gasteiger partial charge in [-0.1, -0.05) is 16.8 Å². The fraction of sp³-hybridized carbons (Fsp3) is 0.400. The van der Waals surface area contributed by atoms with Gasteiger partial charge in [0.05, 0.1) is 16.8 Å². The van der Waals surface area contributed by atoms with Gasteiger partial charge < -0.3 is 5.32 Å². The summed E-state index contributed by atoms with van der Waals surface area (Å²) in [7, 11) is 3.77. The molecule has 0 aliphatic rings. The predicted molar refractivity (Wildman–Crippen MR) is 73.7 cm³/mol. The Labute approximate surface area is 117 Å². The minimum Gasteiger partial charge on any atom is -0.307 e. The van der Waals surface area contributed by atoms with Crippen LogP contribution in [0.25, 0.3) is 0 Å². The first-order valence-electron chi connectivity index (χ1n) is 5.02. The molecule has 2 heterocycles. The third-order valence-corrected chi connectivity index (χ3v) is 4.92. The Morgan fingerprint density at radius 2 is 2.29 bits per heavy atom. The van der Waals surface area contributed by atoms with Gasteiger partial charge in [-0.25, -0.2) is 4.68 Å². The molecule has 1 unspecified atom stereocenters. The number of aryl methyl sites for hydroxylation is 2. The predicted octanol–water partition coefficient (Wildman–Crippen LogP) is 2.91. The summed E-state index contributed by atoms with van der Waals surface area (Å²) in [5.41, 5.74) is 2.06. The Morgan fingerprint density at radius 1 is 1.59 bits per heavy atom. The number of nitrogens with one attached hydrogen (secondary N) is 1. The molecule has 4 nitrogen and oxygen atoms in total. The Bertz CT molecular complexity index is 517. The smallest absolute Gasteiger partial charge is 0.153 e. The minimum atomic E-state index is -0.00410. The van der Waals surface area contributed by atoms with Crippen molar-refractivity contribution >= 4 is 38.9 Å². The number of hydrogen-bond acceptors (Lipinski definition) is 4. The normalized spacial score (nSPS) is 13.0. The molecule has 0 radical (unpaired) electrons. The van der Waals surface area contributed by atoms with Gasteiger partial charge in [0.15, 0.2) is 4.60 Å². The Morgan fingerprint density at radius 3 is 2.71 bits per heavy atom. The molecule has 2 rings (SSSR count). The van der Waals surface area contributed by atoms with E-state index in [2.05, 4.69) is 36.9 Å². The van der Waals surface area contributed by atoms with Crippen LogP contribution in [-0.4, -0.2) is 22.0 Å². The van der Waals surface area contributed by atoms with Crippen molar-refractivity contribution in [2.24, 2.45) is 7.05 Å². The standard InChI is InChI=1S/C10H12BrClN4S/c1-5-4-17-9(6(5)12)7(13-2)8-10(11)14-15-16(8)3/h4,7,13H,1-3H3. The van der Waals surface area contributed by atoms with E-state index in [1.165, 1.54) is 0 Å². The number of thiophene rings is 1. The van der Waals surface area contributed by atoms with Crippen molar-refractivity contribution in [2.45, 2.75) is 13.0 Å². The van der Waals surface area contributed by atoms with Crippen molar-refractivity contribution in [2.75, 3.05) is 7.05 Å². The largest absolute Gasteiger partial charge is 0.307 e. The van der Waals surface area contributed by atoms with Crippen LogP contribution < -0.4 is 5.32 Å². The zero-order valence-corrected chi connectivity index (χ0v) is 12.8. The van der Waals surface area contributed by atoms with Gasteiger partial charge in [0.2, 0.25) is 0 Å². The third kappa shape index (κ3) is 2.27. The first kappa shape index (κ1) is 13.0. The van der Waals surface area contributed by atoms with Gasteiger partial charge in [-0.2, -0.15) is 0 Å². The molecule has 0 aliphatic carbocycles. The highest BCUT2D eigenvalue weighted by Crippen LogP contribution is 2.36. The van der Waals surface area contributed by atoms with Gasteiger partial charge in [0.1, 0.15) is 0 Å². The summed E-state index contributed by atoms with van der Waals surface area (Å²) >= 11 is 11.4. The fourth-order valence-corrected chi connectivity index (χ4v) is 3.65. The molecule has 0 fully saturated rings. The second-order valence-electron chi connectivity index (χ2n) is 3.71. The lowest BCUT2D eigenvalue weighted by Crippen LogP contribution is -2.20. The molecule has 92 valence electrons. The SMILES string of the molecule is CNC(c1scc(C)c1Cl)c1c(Br)nnn1C. The molecule has 2 aromatic rings. The summed E-state index contributed by atoms with van der Waals surface area (Å²) < 4.78 is 2.48. The molecular weight excluding hydrogens is 324 g/mol. The molecule has 1 N–H and O–H groups in total. The van der Waals surface area contributed by atoms with Crippen molar-refractivity contribution in [3.05, 3.63) is 31.1 Å². The molecule has 0 aromatic carbocycles. The first-order valence-corrected chi connectivity index (χ1v) is 7.07. The number of rotatable bonds is 3. The van der Waals surface area contributed by atoms with Crippen LogP contribution in [0, 0.1) is 6.92 Å². The van der Waals surface area contributed by atoms with E-state index in [-0.39, 0.29) is 6.04 Å². The van der Waals surface area contributed by atoms with E-state index >= 15 is 0 Å². The number of halogens is 2. The van der Waals surface area contributed by atoms with E-state index in [0.717, 1.165) is 25.8 Å². The quantitative estimate of drug-likeness (QED) is 0.938. The first-order chi connectivity index (χ1) is 8.06. The van der Waals surface area contributed by atoms with Crippen LogP contribution in [0.5, 0.6) is 0 Å². The summed E-state index contributed by atoms with van der Waals surface area (Å²) in [4.78, 5) is 1.08. The molecule has 17 heavy (non-hydrogen) atoms. The highest BCUT2D eigenvalue weighted by atomic mass is 79.9. The molecule has 0 saturated heterocycles. The molecule has 0 spiro atoms.